The highest BCUT2D eigenvalue weighted by Crippen LogP contribution is 2.53. The molecule has 544 valence electrons. The fraction of sp³-hybridized carbons (Fsp3) is 0.519. The Bertz CT molecular complexity index is 4620. The lowest BCUT2D eigenvalue weighted by Gasteiger charge is -2.34. The smallest absolute Gasteiger partial charge is 0.414 e. The zero-order chi connectivity index (χ0) is 71.6. The maximum Gasteiger partial charge on any atom is 0.414 e. The van der Waals surface area contributed by atoms with Gasteiger partial charge < -0.3 is 42.5 Å². The minimum absolute atomic E-state index is 0.0246. The van der Waals surface area contributed by atoms with Gasteiger partial charge in [0.25, 0.3) is 5.56 Å². The number of amides is 3. The highest BCUT2D eigenvalue weighted by atomic mass is 16.6. The van der Waals surface area contributed by atoms with E-state index in [0.29, 0.717) is 24.8 Å². The third kappa shape index (κ3) is 14.5. The van der Waals surface area contributed by atoms with Crippen molar-refractivity contribution < 1.29 is 38.1 Å². The Morgan fingerprint density at radius 2 is 1.19 bits per heavy atom. The normalized spacial score (nSPS) is 22.8. The number of imidazole rings is 3. The number of Topliss-reactive ketones (excluding diaryl/α,β-unsaturated/α-hetero) is 1. The third-order valence-electron chi connectivity index (χ3n) is 23.3. The van der Waals surface area contributed by atoms with Crippen molar-refractivity contribution in [3.63, 3.8) is 0 Å². The van der Waals surface area contributed by atoms with Crippen LogP contribution in [-0.2, 0) is 88.9 Å². The minimum Gasteiger partial charge on any atom is -0.452 e. The summed E-state index contributed by atoms with van der Waals surface area (Å²) in [5, 5.41) is 7.73. The monoisotopic (exact) mass is 1400 g/mol. The molecule has 16 rings (SSSR count). The largest absolute Gasteiger partial charge is 0.452 e. The molecule has 3 amide bonds. The van der Waals surface area contributed by atoms with Gasteiger partial charge >= 0.3 is 18.3 Å². The average Bonchev–Trinajstić information content (AvgIpc) is 1.61. The molecule has 9 heterocycles. The summed E-state index contributed by atoms with van der Waals surface area (Å²) in [6, 6.07) is 29.5. The van der Waals surface area contributed by atoms with E-state index in [0.717, 1.165) is 201 Å². The number of aromatic nitrogens is 9. The summed E-state index contributed by atoms with van der Waals surface area (Å²) in [7, 11) is 6.23. The number of ketones is 1. The van der Waals surface area contributed by atoms with Crippen molar-refractivity contribution in [2.24, 2.45) is 24.8 Å². The number of benzene rings is 4. The van der Waals surface area contributed by atoms with Gasteiger partial charge in [-0.05, 0) is 184 Å². The molecule has 5 aromatic heterocycles. The average molecular weight is 1400 g/mol. The van der Waals surface area contributed by atoms with Crippen LogP contribution in [0.1, 0.15) is 175 Å². The third-order valence-corrected chi connectivity index (χ3v) is 23.3. The molecule has 9 atom stereocenters. The predicted octanol–water partition coefficient (Wildman–Crippen LogP) is 14.1. The van der Waals surface area contributed by atoms with Crippen molar-refractivity contribution in [1.82, 2.24) is 48.3 Å². The highest BCUT2D eigenvalue weighted by molar-refractivity contribution is 5.98. The number of hydrogen-bond acceptors (Lipinski definition) is 14. The number of carbonyl (C=O) groups excluding carboxylic acids is 4. The Morgan fingerprint density at radius 1 is 0.592 bits per heavy atom. The molecule has 1 N–H and O–H groups in total. The number of methoxy groups -OCH3 is 3. The lowest BCUT2D eigenvalue weighted by Crippen LogP contribution is -2.42. The second-order valence-corrected chi connectivity index (χ2v) is 29.9. The molecule has 7 aliphatic rings. The number of fused-ring (bicyclic) bond motifs is 11. The first kappa shape index (κ1) is 70.9. The van der Waals surface area contributed by atoms with E-state index in [1.54, 1.807) is 38.1 Å². The maximum absolute atomic E-state index is 12.6. The van der Waals surface area contributed by atoms with Crippen molar-refractivity contribution in [2.45, 2.75) is 212 Å². The van der Waals surface area contributed by atoms with E-state index >= 15 is 0 Å². The molecule has 4 fully saturated rings. The topological polar surface area (TPSA) is 220 Å². The van der Waals surface area contributed by atoms with Gasteiger partial charge in [-0.2, -0.15) is 5.10 Å². The van der Waals surface area contributed by atoms with E-state index < -0.39 is 0 Å². The number of nitrogens with zero attached hydrogens (tertiary/aromatic N) is 12. The minimum atomic E-state index is -0.351. The fourth-order valence-electron chi connectivity index (χ4n) is 18.1. The second-order valence-electron chi connectivity index (χ2n) is 29.9. The van der Waals surface area contributed by atoms with Gasteiger partial charge in [0.1, 0.15) is 23.3 Å². The Labute approximate surface area is 603 Å². The van der Waals surface area contributed by atoms with Gasteiger partial charge in [0.15, 0.2) is 0 Å². The van der Waals surface area contributed by atoms with E-state index in [9.17, 15) is 24.0 Å². The van der Waals surface area contributed by atoms with Gasteiger partial charge in [-0.3, -0.25) is 29.0 Å². The van der Waals surface area contributed by atoms with Gasteiger partial charge in [-0.25, -0.2) is 29.3 Å². The van der Waals surface area contributed by atoms with E-state index in [4.69, 9.17) is 33.9 Å². The first-order chi connectivity index (χ1) is 50.1. The number of carbonyl (C=O) groups is 4. The second kappa shape index (κ2) is 31.0. The molecular weight excluding hydrogens is 1300 g/mol. The lowest BCUT2D eigenvalue weighted by atomic mass is 9.83. The molecular formula is C81H101N13O9. The highest BCUT2D eigenvalue weighted by Gasteiger charge is 2.43. The molecule has 0 spiro atoms. The van der Waals surface area contributed by atoms with E-state index in [1.165, 1.54) is 75.9 Å². The van der Waals surface area contributed by atoms with Crippen LogP contribution in [0.25, 0.3) is 33.1 Å². The fourth-order valence-corrected chi connectivity index (χ4v) is 18.1. The first-order valence-electron chi connectivity index (χ1n) is 37.7. The van der Waals surface area contributed by atoms with Crippen LogP contribution in [0.4, 0.5) is 31.4 Å². The molecule has 22 nitrogen and oxygen atoms in total. The van der Waals surface area contributed by atoms with Gasteiger partial charge in [0.2, 0.25) is 0 Å². The number of pyridine rings is 1. The standard InChI is InChI=1S/C27H33N7O3.C27H37N3O4.C27H31N3O2/c1-19-7-8-21-22(34(19)27(36)37-3)9-10-23-26(21)30-24(11-14-32-13-5-4-6-25(32)35)33(23)15-12-28-16-20-17-29-31(2)18-20;1-17-10-11-22-23(29(17)27(32)33-3)12-13-24-26(22)28-25(16-21-9-4-5-14-34-21)30(24)20-8-6-7-19(15-20)18(2)31;1-17-8-11-21-22(29(17)27(31)32-2)12-13-23-26(21)28-25(16-18-6-4-3-5-7-18)30(23)24-15-19-9-10-20(24)14-19/h4-6,9-10,13,17-19,28H,7-8,11-12,14-16H2,1-3H3;12-13,17,19-21H,4-11,14-16H2,1-3H3;3-7,12-13,17,19-20,24H,8-11,14-16H2,1-2H3/t19-;17-,19+,20+,21-;17-,19+,20-,24-/m000/s1. The van der Waals surface area contributed by atoms with Crippen molar-refractivity contribution in [3.05, 3.63) is 159 Å². The Balaban J connectivity index is 0.000000131. The molecule has 0 unspecified atom stereocenters. The van der Waals surface area contributed by atoms with Crippen LogP contribution in [0, 0.1) is 17.8 Å². The van der Waals surface area contributed by atoms with Crippen molar-refractivity contribution in [1.29, 1.82) is 0 Å². The molecule has 9 aromatic rings. The molecule has 0 radical (unpaired) electrons. The SMILES string of the molecule is COC(=O)N1c2ccc3c(nc(CCn4ccccc4=O)n3CCNCc3cnn(C)c3)c2CC[C@@H]1C.COC(=O)N1c2ccc3c(nc(C[C@@H]4CCCCO4)n3[C@@H]3CCC[C@@H](C(C)=O)C3)c2CC[C@@H]1C.COC(=O)N1c2ccc3c(nc(Cc4ccccc4)n3[C@H]3C[C@@H]4CC[C@H]3C4)c2CC[C@@H]1C. The summed E-state index contributed by atoms with van der Waals surface area (Å²) in [6.07, 6.45) is 25.3. The number of nitrogens with one attached hydrogen (secondary N) is 1. The van der Waals surface area contributed by atoms with Crippen molar-refractivity contribution >= 4 is 74.2 Å². The summed E-state index contributed by atoms with van der Waals surface area (Å²) >= 11 is 0. The van der Waals surface area contributed by atoms with Crippen molar-refractivity contribution in [3.8, 4) is 0 Å². The van der Waals surface area contributed by atoms with Crippen molar-refractivity contribution in [2.75, 3.05) is 49.2 Å². The molecule has 22 heteroatoms. The molecule has 4 aliphatic heterocycles. The van der Waals surface area contributed by atoms with Crippen LogP contribution >= 0.6 is 0 Å². The maximum atomic E-state index is 12.6. The number of hydrogen-bond donors (Lipinski definition) is 1. The van der Waals surface area contributed by atoms with E-state index in [2.05, 4.69) is 98.6 Å². The van der Waals surface area contributed by atoms with Crippen LogP contribution in [0.2, 0.25) is 0 Å². The van der Waals surface area contributed by atoms with Crippen LogP contribution in [-0.4, -0.2) is 126 Å². The Hall–Kier alpha value is -9.15. The van der Waals surface area contributed by atoms with Gasteiger partial charge in [-0.15, -0.1) is 0 Å². The number of rotatable bonds is 15. The quantitative estimate of drug-likeness (QED) is 0.0745. The summed E-state index contributed by atoms with van der Waals surface area (Å²) < 4.78 is 32.1. The number of anilines is 3. The van der Waals surface area contributed by atoms with Crippen LogP contribution < -0.4 is 25.6 Å². The van der Waals surface area contributed by atoms with Crippen LogP contribution in [0.5, 0.6) is 0 Å². The molecule has 103 heavy (non-hydrogen) atoms. The van der Waals surface area contributed by atoms with Gasteiger partial charge in [0, 0.05) is 136 Å². The summed E-state index contributed by atoms with van der Waals surface area (Å²) in [4.78, 5) is 83.1. The summed E-state index contributed by atoms with van der Waals surface area (Å²) in [5.74, 6) is 5.23. The van der Waals surface area contributed by atoms with Crippen LogP contribution in [0.15, 0.2) is 108 Å². The summed E-state index contributed by atoms with van der Waals surface area (Å²) in [6.45, 7) is 11.5. The lowest BCUT2D eigenvalue weighted by molar-refractivity contribution is -0.122. The van der Waals surface area contributed by atoms with Gasteiger partial charge in [0.05, 0.1) is 83.8 Å². The molecule has 4 aromatic carbocycles. The van der Waals surface area contributed by atoms with Gasteiger partial charge in [-0.1, -0.05) is 49.2 Å². The summed E-state index contributed by atoms with van der Waals surface area (Å²) in [5.41, 5.74) is 14.9. The molecule has 1 saturated heterocycles. The van der Waals surface area contributed by atoms with Crippen LogP contribution in [0.3, 0.4) is 0 Å². The molecule has 3 saturated carbocycles. The molecule has 3 aliphatic carbocycles. The predicted molar refractivity (Wildman–Crippen MR) is 399 cm³/mol. The Kier molecular flexibility index (Phi) is 21.4. The van der Waals surface area contributed by atoms with E-state index in [-0.39, 0.29) is 60.0 Å². The zero-order valence-corrected chi connectivity index (χ0v) is 61.2. The Morgan fingerprint density at radius 3 is 1.76 bits per heavy atom. The molecule has 2 bridgehead atoms. The van der Waals surface area contributed by atoms with E-state index in [1.807, 2.05) is 49.6 Å². The number of aryl methyl sites for hydroxylation is 6. The first-order valence-corrected chi connectivity index (χ1v) is 37.7. The number of ether oxygens (including phenoxy) is 4. The zero-order valence-electron chi connectivity index (χ0n) is 61.2.